The minimum Gasteiger partial charge on any atom is -0.372 e. The van der Waals surface area contributed by atoms with Crippen LogP contribution in [0.4, 0.5) is 21.9 Å². The van der Waals surface area contributed by atoms with E-state index in [-0.39, 0.29) is 18.5 Å². The fourth-order valence-electron chi connectivity index (χ4n) is 3.94. The zero-order valence-corrected chi connectivity index (χ0v) is 19.3. The van der Waals surface area contributed by atoms with Crippen LogP contribution in [0.2, 0.25) is 0 Å². The van der Waals surface area contributed by atoms with Crippen LogP contribution < -0.4 is 15.1 Å². The highest BCUT2D eigenvalue weighted by molar-refractivity contribution is 5.99. The van der Waals surface area contributed by atoms with Crippen LogP contribution in [0.25, 0.3) is 0 Å². The largest absolute Gasteiger partial charge is 0.372 e. The molecule has 0 aromatic heterocycles. The number of carbonyl (C=O) groups is 2. The Bertz CT molecular complexity index is 920. The molecule has 2 aromatic carbocycles. The van der Waals surface area contributed by atoms with E-state index in [9.17, 15) is 9.59 Å². The number of hydrogen-bond donors (Lipinski definition) is 1. The van der Waals surface area contributed by atoms with Crippen molar-refractivity contribution in [3.63, 3.8) is 0 Å². The van der Waals surface area contributed by atoms with Crippen molar-refractivity contribution in [2.45, 2.75) is 40.5 Å². The molecule has 1 N–H and O–H groups in total. The van der Waals surface area contributed by atoms with Gasteiger partial charge >= 0.3 is 6.03 Å². The van der Waals surface area contributed by atoms with Gasteiger partial charge in [0.15, 0.2) is 0 Å². The number of amides is 3. The van der Waals surface area contributed by atoms with Gasteiger partial charge in [0.2, 0.25) is 5.91 Å². The standard InChI is InChI=1S/C25H34N4O2/c1-6-27(7-2)22-12-13-23(19(5)16-22)26-24(30)17-28-14-15-29(25(28)31)21-10-8-20(9-11-21)18(3)4/h8-13,16,18H,6-7,14-15,17H2,1-5H3,(H,26,30). The Kier molecular flexibility index (Phi) is 7.21. The highest BCUT2D eigenvalue weighted by atomic mass is 16.2. The zero-order valence-electron chi connectivity index (χ0n) is 19.3. The number of benzene rings is 2. The van der Waals surface area contributed by atoms with Gasteiger partial charge in [-0.1, -0.05) is 26.0 Å². The number of nitrogens with one attached hydrogen (secondary N) is 1. The van der Waals surface area contributed by atoms with Gasteiger partial charge in [0.05, 0.1) is 0 Å². The molecule has 1 aliphatic heterocycles. The molecule has 1 aliphatic rings. The summed E-state index contributed by atoms with van der Waals surface area (Å²) in [6.45, 7) is 13.6. The van der Waals surface area contributed by atoms with Gasteiger partial charge in [0.1, 0.15) is 6.54 Å². The second-order valence-corrected chi connectivity index (χ2v) is 8.32. The molecule has 6 nitrogen and oxygen atoms in total. The summed E-state index contributed by atoms with van der Waals surface area (Å²) in [5, 5.41) is 2.96. The van der Waals surface area contributed by atoms with Crippen molar-refractivity contribution in [3.05, 3.63) is 53.6 Å². The Labute approximate surface area is 185 Å². The summed E-state index contributed by atoms with van der Waals surface area (Å²) < 4.78 is 0. The molecule has 0 radical (unpaired) electrons. The van der Waals surface area contributed by atoms with Gasteiger partial charge in [-0.05, 0) is 68.1 Å². The second kappa shape index (κ2) is 9.86. The Hall–Kier alpha value is -3.02. The van der Waals surface area contributed by atoms with Gasteiger partial charge in [0, 0.05) is 43.2 Å². The van der Waals surface area contributed by atoms with E-state index in [1.54, 1.807) is 9.80 Å². The van der Waals surface area contributed by atoms with Crippen LogP contribution in [0, 0.1) is 6.92 Å². The maximum atomic E-state index is 12.8. The number of urea groups is 1. The third-order valence-corrected chi connectivity index (χ3v) is 5.91. The fraction of sp³-hybridized carbons (Fsp3) is 0.440. The minimum absolute atomic E-state index is 0.0522. The van der Waals surface area contributed by atoms with E-state index < -0.39 is 0 Å². The summed E-state index contributed by atoms with van der Waals surface area (Å²) in [4.78, 5) is 31.1. The molecule has 1 heterocycles. The summed E-state index contributed by atoms with van der Waals surface area (Å²) in [5.74, 6) is 0.275. The van der Waals surface area contributed by atoms with E-state index in [1.165, 1.54) is 5.56 Å². The first-order valence-corrected chi connectivity index (χ1v) is 11.2. The van der Waals surface area contributed by atoms with Crippen LogP contribution in [-0.2, 0) is 4.79 Å². The lowest BCUT2D eigenvalue weighted by Crippen LogP contribution is -2.37. The Balaban J connectivity index is 1.60. The van der Waals surface area contributed by atoms with Gasteiger partial charge < -0.3 is 15.1 Å². The van der Waals surface area contributed by atoms with Gasteiger partial charge in [-0.15, -0.1) is 0 Å². The maximum absolute atomic E-state index is 12.8. The molecule has 166 valence electrons. The number of carbonyl (C=O) groups excluding carboxylic acids is 2. The van der Waals surface area contributed by atoms with E-state index in [4.69, 9.17) is 0 Å². The molecule has 1 saturated heterocycles. The normalized spacial score (nSPS) is 13.8. The third kappa shape index (κ3) is 5.19. The lowest BCUT2D eigenvalue weighted by molar-refractivity contribution is -0.116. The van der Waals surface area contributed by atoms with Crippen molar-refractivity contribution in [1.82, 2.24) is 4.90 Å². The van der Waals surface area contributed by atoms with Crippen molar-refractivity contribution in [2.75, 3.05) is 47.8 Å². The number of rotatable bonds is 8. The topological polar surface area (TPSA) is 55.9 Å². The molecular formula is C25H34N4O2. The molecule has 31 heavy (non-hydrogen) atoms. The summed E-state index contributed by atoms with van der Waals surface area (Å²) >= 11 is 0. The van der Waals surface area contributed by atoms with Crippen LogP contribution in [0.5, 0.6) is 0 Å². The molecule has 6 heteroatoms. The summed E-state index contributed by atoms with van der Waals surface area (Å²) in [5.41, 5.74) is 5.06. The van der Waals surface area contributed by atoms with Crippen LogP contribution in [0.15, 0.2) is 42.5 Å². The van der Waals surface area contributed by atoms with Crippen LogP contribution in [0.1, 0.15) is 44.7 Å². The smallest absolute Gasteiger partial charge is 0.325 e. The highest BCUT2D eigenvalue weighted by Gasteiger charge is 2.30. The number of anilines is 3. The molecule has 3 amide bonds. The molecule has 0 bridgehead atoms. The molecule has 2 aromatic rings. The van der Waals surface area contributed by atoms with Gasteiger partial charge in [0.25, 0.3) is 0 Å². The second-order valence-electron chi connectivity index (χ2n) is 8.32. The van der Waals surface area contributed by atoms with Crippen molar-refractivity contribution >= 4 is 29.0 Å². The first-order chi connectivity index (χ1) is 14.8. The van der Waals surface area contributed by atoms with E-state index in [1.807, 2.05) is 31.2 Å². The summed E-state index contributed by atoms with van der Waals surface area (Å²) in [7, 11) is 0. The molecule has 1 fully saturated rings. The van der Waals surface area contributed by atoms with Crippen molar-refractivity contribution in [2.24, 2.45) is 0 Å². The van der Waals surface area contributed by atoms with Crippen LogP contribution >= 0.6 is 0 Å². The first kappa shape index (κ1) is 22.7. The Morgan fingerprint density at radius 1 is 1.06 bits per heavy atom. The molecule has 0 unspecified atom stereocenters. The number of aryl methyl sites for hydroxylation is 1. The fourth-order valence-corrected chi connectivity index (χ4v) is 3.94. The molecule has 0 atom stereocenters. The average Bonchev–Trinajstić information content (AvgIpc) is 3.11. The van der Waals surface area contributed by atoms with Crippen LogP contribution in [0.3, 0.4) is 0 Å². The Morgan fingerprint density at radius 3 is 2.32 bits per heavy atom. The first-order valence-electron chi connectivity index (χ1n) is 11.2. The van der Waals surface area contributed by atoms with Gasteiger partial charge in [-0.3, -0.25) is 9.69 Å². The van der Waals surface area contributed by atoms with Crippen molar-refractivity contribution < 1.29 is 9.59 Å². The summed E-state index contributed by atoms with van der Waals surface area (Å²) in [6, 6.07) is 14.0. The van der Waals surface area contributed by atoms with Crippen molar-refractivity contribution in [3.8, 4) is 0 Å². The number of nitrogens with zero attached hydrogens (tertiary/aromatic N) is 3. The molecule has 0 saturated carbocycles. The molecule has 3 rings (SSSR count). The molecule has 0 aliphatic carbocycles. The SMILES string of the molecule is CCN(CC)c1ccc(NC(=O)CN2CCN(c3ccc(C(C)C)cc3)C2=O)c(C)c1. The molecular weight excluding hydrogens is 388 g/mol. The third-order valence-electron chi connectivity index (χ3n) is 5.91. The zero-order chi connectivity index (χ0) is 22.5. The lowest BCUT2D eigenvalue weighted by atomic mass is 10.0. The minimum atomic E-state index is -0.177. The maximum Gasteiger partial charge on any atom is 0.325 e. The lowest BCUT2D eigenvalue weighted by Gasteiger charge is -2.22. The summed E-state index contributed by atoms with van der Waals surface area (Å²) in [6.07, 6.45) is 0. The quantitative estimate of drug-likeness (QED) is 0.662. The van der Waals surface area contributed by atoms with E-state index >= 15 is 0 Å². The van der Waals surface area contributed by atoms with Gasteiger partial charge in [-0.25, -0.2) is 4.79 Å². The average molecular weight is 423 g/mol. The van der Waals surface area contributed by atoms with E-state index in [0.717, 1.165) is 35.7 Å². The predicted molar refractivity (Wildman–Crippen MR) is 128 cm³/mol. The number of hydrogen-bond acceptors (Lipinski definition) is 3. The van der Waals surface area contributed by atoms with Crippen LogP contribution in [-0.4, -0.2) is 49.6 Å². The van der Waals surface area contributed by atoms with E-state index in [0.29, 0.717) is 19.0 Å². The molecule has 0 spiro atoms. The monoisotopic (exact) mass is 422 g/mol. The highest BCUT2D eigenvalue weighted by Crippen LogP contribution is 2.25. The predicted octanol–water partition coefficient (Wildman–Crippen LogP) is 4.85. The van der Waals surface area contributed by atoms with E-state index in [2.05, 4.69) is 56.1 Å². The van der Waals surface area contributed by atoms with Gasteiger partial charge in [-0.2, -0.15) is 0 Å². The van der Waals surface area contributed by atoms with Crippen molar-refractivity contribution in [1.29, 1.82) is 0 Å². The Morgan fingerprint density at radius 2 is 1.74 bits per heavy atom.